The number of pyridine rings is 1. The normalized spacial score (nSPS) is 16.0. The Morgan fingerprint density at radius 3 is 2.96 bits per heavy atom. The van der Waals surface area contributed by atoms with E-state index in [9.17, 15) is 9.90 Å². The summed E-state index contributed by atoms with van der Waals surface area (Å²) in [6.45, 7) is 0.398. The Balaban J connectivity index is 1.83. The molecule has 1 aliphatic heterocycles. The van der Waals surface area contributed by atoms with Gasteiger partial charge in [-0.1, -0.05) is 36.1 Å². The molecule has 7 heteroatoms. The van der Waals surface area contributed by atoms with Crippen LogP contribution in [-0.2, 0) is 11.3 Å². The molecule has 1 amide bonds. The van der Waals surface area contributed by atoms with E-state index in [2.05, 4.69) is 4.98 Å². The van der Waals surface area contributed by atoms with E-state index >= 15 is 0 Å². The number of thiocarbonyl (C=S) groups is 1. The van der Waals surface area contributed by atoms with Gasteiger partial charge in [0.25, 0.3) is 5.91 Å². The van der Waals surface area contributed by atoms with Crippen LogP contribution in [0.4, 0.5) is 0 Å². The fraction of sp³-hybridized carbons (Fsp3) is 0.118. The van der Waals surface area contributed by atoms with Crippen LogP contribution in [-0.4, -0.2) is 32.3 Å². The maximum atomic E-state index is 12.6. The average molecular weight is 358 g/mol. The minimum Gasteiger partial charge on any atom is -0.504 e. The Labute approximate surface area is 149 Å². The fourth-order valence-corrected chi connectivity index (χ4v) is 3.50. The van der Waals surface area contributed by atoms with Gasteiger partial charge in [0.2, 0.25) is 0 Å². The highest BCUT2D eigenvalue weighted by molar-refractivity contribution is 8.26. The number of carbonyl (C=O) groups excluding carboxylic acids is 1. The van der Waals surface area contributed by atoms with Gasteiger partial charge in [-0.25, -0.2) is 0 Å². The van der Waals surface area contributed by atoms with Crippen LogP contribution in [0, 0.1) is 0 Å². The van der Waals surface area contributed by atoms with E-state index in [-0.39, 0.29) is 11.7 Å². The van der Waals surface area contributed by atoms with Crippen LogP contribution in [0.5, 0.6) is 11.5 Å². The Bertz CT molecular complexity index is 822. The lowest BCUT2D eigenvalue weighted by Crippen LogP contribution is -2.27. The predicted molar refractivity (Wildman–Crippen MR) is 97.6 cm³/mol. The smallest absolute Gasteiger partial charge is 0.266 e. The molecule has 0 aliphatic carbocycles. The third kappa shape index (κ3) is 3.42. The number of aromatic nitrogens is 1. The van der Waals surface area contributed by atoms with E-state index in [1.807, 2.05) is 12.1 Å². The molecular formula is C17H14N2O3S2. The summed E-state index contributed by atoms with van der Waals surface area (Å²) < 4.78 is 5.60. The van der Waals surface area contributed by atoms with Gasteiger partial charge in [-0.2, -0.15) is 0 Å². The third-order valence-electron chi connectivity index (χ3n) is 3.44. The van der Waals surface area contributed by atoms with Crippen molar-refractivity contribution in [1.82, 2.24) is 9.88 Å². The van der Waals surface area contributed by atoms with Crippen molar-refractivity contribution in [2.75, 3.05) is 7.11 Å². The molecule has 1 fully saturated rings. The molecule has 1 aromatic heterocycles. The number of phenolic OH excluding ortho intramolecular Hbond substituents is 1. The molecule has 1 aliphatic rings. The predicted octanol–water partition coefficient (Wildman–Crippen LogP) is 3.20. The Kier molecular flexibility index (Phi) is 4.82. The summed E-state index contributed by atoms with van der Waals surface area (Å²) >= 11 is 6.58. The lowest BCUT2D eigenvalue weighted by atomic mass is 10.2. The molecule has 122 valence electrons. The SMILES string of the molecule is COc1cc(C=C2SC(=S)N(Cc3cccnc3)C2=O)ccc1O. The summed E-state index contributed by atoms with van der Waals surface area (Å²) in [7, 11) is 1.48. The molecule has 2 heterocycles. The van der Waals surface area contributed by atoms with Crippen LogP contribution in [0.25, 0.3) is 6.08 Å². The molecule has 2 aromatic rings. The molecule has 24 heavy (non-hydrogen) atoms. The first kappa shape index (κ1) is 16.5. The number of methoxy groups -OCH3 is 1. The zero-order valence-corrected chi connectivity index (χ0v) is 14.4. The van der Waals surface area contributed by atoms with Crippen molar-refractivity contribution in [1.29, 1.82) is 0 Å². The summed E-state index contributed by atoms with van der Waals surface area (Å²) in [6.07, 6.45) is 5.14. The molecule has 0 saturated carbocycles. The molecule has 1 saturated heterocycles. The zero-order valence-electron chi connectivity index (χ0n) is 12.8. The Morgan fingerprint density at radius 1 is 1.42 bits per heavy atom. The number of hydrogen-bond donors (Lipinski definition) is 1. The number of nitrogens with zero attached hydrogens (tertiary/aromatic N) is 2. The standard InChI is InChI=1S/C17H14N2O3S2/c1-22-14-7-11(4-5-13(14)20)8-15-16(21)19(17(23)24-15)10-12-3-2-6-18-9-12/h2-9,20H,10H2,1H3. The minimum absolute atomic E-state index is 0.0544. The highest BCUT2D eigenvalue weighted by Crippen LogP contribution is 2.35. The van der Waals surface area contributed by atoms with Crippen LogP contribution in [0.15, 0.2) is 47.6 Å². The average Bonchev–Trinajstić information content (AvgIpc) is 2.85. The van der Waals surface area contributed by atoms with Gasteiger partial charge in [-0.3, -0.25) is 14.7 Å². The van der Waals surface area contributed by atoms with Crippen molar-refractivity contribution < 1.29 is 14.6 Å². The van der Waals surface area contributed by atoms with Crippen LogP contribution in [0.1, 0.15) is 11.1 Å². The number of benzene rings is 1. The van der Waals surface area contributed by atoms with Gasteiger partial charge in [-0.05, 0) is 35.4 Å². The van der Waals surface area contributed by atoms with E-state index in [1.54, 1.807) is 35.5 Å². The summed E-state index contributed by atoms with van der Waals surface area (Å²) in [5, 5.41) is 9.64. The highest BCUT2D eigenvalue weighted by atomic mass is 32.2. The van der Waals surface area contributed by atoms with Gasteiger partial charge >= 0.3 is 0 Å². The summed E-state index contributed by atoms with van der Waals surface area (Å²) in [4.78, 5) is 18.7. The van der Waals surface area contributed by atoms with Gasteiger partial charge < -0.3 is 9.84 Å². The third-order valence-corrected chi connectivity index (χ3v) is 4.82. The van der Waals surface area contributed by atoms with Crippen LogP contribution in [0.2, 0.25) is 0 Å². The number of thioether (sulfide) groups is 1. The Hall–Kier alpha value is -2.38. The van der Waals surface area contributed by atoms with E-state index < -0.39 is 0 Å². The van der Waals surface area contributed by atoms with Crippen LogP contribution < -0.4 is 4.74 Å². The van der Waals surface area contributed by atoms with Crippen LogP contribution in [0.3, 0.4) is 0 Å². The van der Waals surface area contributed by atoms with E-state index in [1.165, 1.54) is 24.9 Å². The lowest BCUT2D eigenvalue weighted by Gasteiger charge is -2.13. The maximum absolute atomic E-state index is 12.6. The van der Waals surface area contributed by atoms with Gasteiger partial charge in [0, 0.05) is 12.4 Å². The quantitative estimate of drug-likeness (QED) is 0.669. The van der Waals surface area contributed by atoms with Gasteiger partial charge in [-0.15, -0.1) is 0 Å². The zero-order chi connectivity index (χ0) is 17.1. The topological polar surface area (TPSA) is 62.7 Å². The first-order chi connectivity index (χ1) is 11.6. The fourth-order valence-electron chi connectivity index (χ4n) is 2.25. The van der Waals surface area contributed by atoms with Crippen molar-refractivity contribution >= 4 is 40.3 Å². The molecule has 1 aromatic carbocycles. The number of ether oxygens (including phenoxy) is 1. The van der Waals surface area contributed by atoms with Gasteiger partial charge in [0.15, 0.2) is 11.5 Å². The van der Waals surface area contributed by atoms with Crippen molar-refractivity contribution in [3.63, 3.8) is 0 Å². The van der Waals surface area contributed by atoms with Gasteiger partial charge in [0.1, 0.15) is 4.32 Å². The lowest BCUT2D eigenvalue weighted by molar-refractivity contribution is -0.122. The summed E-state index contributed by atoms with van der Waals surface area (Å²) in [6, 6.07) is 8.64. The molecule has 0 radical (unpaired) electrons. The van der Waals surface area contributed by atoms with Gasteiger partial charge in [0.05, 0.1) is 18.6 Å². The molecular weight excluding hydrogens is 344 g/mol. The van der Waals surface area contributed by atoms with E-state index in [0.29, 0.717) is 21.5 Å². The number of hydrogen-bond acceptors (Lipinski definition) is 6. The second-order valence-electron chi connectivity index (χ2n) is 5.06. The van der Waals surface area contributed by atoms with Crippen molar-refractivity contribution in [2.24, 2.45) is 0 Å². The number of phenols is 1. The Morgan fingerprint density at radius 2 is 2.25 bits per heavy atom. The molecule has 0 bridgehead atoms. The molecule has 5 nitrogen and oxygen atoms in total. The van der Waals surface area contributed by atoms with E-state index in [0.717, 1.165) is 11.1 Å². The second kappa shape index (κ2) is 7.02. The monoisotopic (exact) mass is 358 g/mol. The summed E-state index contributed by atoms with van der Waals surface area (Å²) in [5.74, 6) is 0.272. The van der Waals surface area contributed by atoms with Crippen LogP contribution >= 0.6 is 24.0 Å². The van der Waals surface area contributed by atoms with Crippen molar-refractivity contribution in [2.45, 2.75) is 6.54 Å². The largest absolute Gasteiger partial charge is 0.504 e. The molecule has 3 rings (SSSR count). The second-order valence-corrected chi connectivity index (χ2v) is 6.74. The first-order valence-corrected chi connectivity index (χ1v) is 8.32. The minimum atomic E-state index is -0.138. The van der Waals surface area contributed by atoms with Crippen molar-refractivity contribution in [3.05, 3.63) is 58.8 Å². The summed E-state index contributed by atoms with van der Waals surface area (Å²) in [5.41, 5.74) is 1.67. The number of carbonyl (C=O) groups is 1. The molecule has 0 spiro atoms. The molecule has 0 unspecified atom stereocenters. The van der Waals surface area contributed by atoms with E-state index in [4.69, 9.17) is 17.0 Å². The maximum Gasteiger partial charge on any atom is 0.266 e. The number of rotatable bonds is 4. The number of amides is 1. The first-order valence-electron chi connectivity index (χ1n) is 7.10. The van der Waals surface area contributed by atoms with Crippen molar-refractivity contribution in [3.8, 4) is 11.5 Å². The molecule has 1 N–H and O–H groups in total. The highest BCUT2D eigenvalue weighted by Gasteiger charge is 2.32. The molecule has 0 atom stereocenters. The number of aromatic hydroxyl groups is 1.